The van der Waals surface area contributed by atoms with Gasteiger partial charge in [0.05, 0.1) is 16.7 Å². The fourth-order valence-electron chi connectivity index (χ4n) is 2.87. The van der Waals surface area contributed by atoms with Crippen LogP contribution in [0.3, 0.4) is 0 Å². The van der Waals surface area contributed by atoms with E-state index in [2.05, 4.69) is 10.3 Å². The first-order chi connectivity index (χ1) is 12.2. The van der Waals surface area contributed by atoms with Gasteiger partial charge in [-0.15, -0.1) is 0 Å². The van der Waals surface area contributed by atoms with E-state index in [4.69, 9.17) is 9.31 Å². The van der Waals surface area contributed by atoms with Crippen molar-refractivity contribution in [2.75, 3.05) is 6.54 Å². The van der Waals surface area contributed by atoms with Gasteiger partial charge in [0.1, 0.15) is 0 Å². The largest absolute Gasteiger partial charge is 0.492 e. The average molecular weight is 352 g/mol. The number of fused-ring (bicyclic) bond motifs is 1. The minimum absolute atomic E-state index is 0.0907. The highest BCUT2D eigenvalue weighted by molar-refractivity contribution is 6.56. The van der Waals surface area contributed by atoms with Crippen LogP contribution in [0, 0.1) is 0 Å². The number of hydrogen-bond donors (Lipinski definition) is 1. The SMILES string of the molecule is CC(=O)NCC(=Cc1ccnc2ccccc12)B1OC(C)(C)C(C)(C)O1. The first kappa shape index (κ1) is 18.6. The van der Waals surface area contributed by atoms with Gasteiger partial charge in [-0.1, -0.05) is 24.3 Å². The Morgan fingerprint density at radius 2 is 1.81 bits per heavy atom. The van der Waals surface area contributed by atoms with E-state index < -0.39 is 18.3 Å². The van der Waals surface area contributed by atoms with Gasteiger partial charge in [-0.05, 0) is 50.9 Å². The molecule has 1 amide bonds. The topological polar surface area (TPSA) is 60.5 Å². The van der Waals surface area contributed by atoms with Crippen LogP contribution in [0.25, 0.3) is 17.0 Å². The molecule has 1 N–H and O–H groups in total. The minimum Gasteiger partial charge on any atom is -0.400 e. The van der Waals surface area contributed by atoms with Crippen molar-refractivity contribution in [2.45, 2.75) is 45.8 Å². The van der Waals surface area contributed by atoms with E-state index in [0.717, 1.165) is 21.9 Å². The highest BCUT2D eigenvalue weighted by Gasteiger charge is 2.52. The number of para-hydroxylation sites is 1. The third-order valence-corrected chi connectivity index (χ3v) is 5.12. The number of carbonyl (C=O) groups excluding carboxylic acids is 1. The van der Waals surface area contributed by atoms with Gasteiger partial charge in [-0.2, -0.15) is 0 Å². The summed E-state index contributed by atoms with van der Waals surface area (Å²) in [6.07, 6.45) is 3.82. The molecule has 136 valence electrons. The van der Waals surface area contributed by atoms with E-state index in [0.29, 0.717) is 6.54 Å². The summed E-state index contributed by atoms with van der Waals surface area (Å²) in [5, 5.41) is 3.91. The van der Waals surface area contributed by atoms with Crippen molar-refractivity contribution in [3.8, 4) is 0 Å². The van der Waals surface area contributed by atoms with Gasteiger partial charge in [0.25, 0.3) is 0 Å². The molecule has 0 atom stereocenters. The number of aromatic nitrogens is 1. The predicted octanol–water partition coefficient (Wildman–Crippen LogP) is 3.39. The fraction of sp³-hybridized carbons (Fsp3) is 0.400. The molecule has 3 rings (SSSR count). The molecule has 1 aliphatic rings. The number of nitrogens with zero attached hydrogens (tertiary/aromatic N) is 1. The Bertz CT molecular complexity index is 840. The molecule has 0 saturated carbocycles. The zero-order valence-corrected chi connectivity index (χ0v) is 16.0. The van der Waals surface area contributed by atoms with Crippen LogP contribution in [0.2, 0.25) is 0 Å². The second-order valence-electron chi connectivity index (χ2n) is 7.63. The maximum atomic E-state index is 11.5. The van der Waals surface area contributed by atoms with Gasteiger partial charge in [0.2, 0.25) is 5.91 Å². The Kier molecular flexibility index (Phi) is 4.91. The van der Waals surface area contributed by atoms with Crippen molar-refractivity contribution in [2.24, 2.45) is 0 Å². The summed E-state index contributed by atoms with van der Waals surface area (Å²) in [7, 11) is -0.515. The van der Waals surface area contributed by atoms with E-state index in [1.807, 2.05) is 64.1 Å². The number of nitrogens with one attached hydrogen (secondary N) is 1. The maximum absolute atomic E-state index is 11.5. The van der Waals surface area contributed by atoms with E-state index in [1.165, 1.54) is 6.92 Å². The van der Waals surface area contributed by atoms with Crippen LogP contribution in [-0.4, -0.2) is 35.8 Å². The molecule has 6 heteroatoms. The molecule has 1 aliphatic heterocycles. The molecule has 0 unspecified atom stereocenters. The minimum atomic E-state index is -0.515. The van der Waals surface area contributed by atoms with Crippen molar-refractivity contribution in [1.29, 1.82) is 0 Å². The summed E-state index contributed by atoms with van der Waals surface area (Å²) < 4.78 is 12.4. The van der Waals surface area contributed by atoms with Crippen LogP contribution in [0.4, 0.5) is 0 Å². The Morgan fingerprint density at radius 3 is 2.46 bits per heavy atom. The molecule has 26 heavy (non-hydrogen) atoms. The Hall–Kier alpha value is -2.18. The van der Waals surface area contributed by atoms with Gasteiger partial charge in [-0.25, -0.2) is 0 Å². The van der Waals surface area contributed by atoms with Crippen LogP contribution >= 0.6 is 0 Å². The highest BCUT2D eigenvalue weighted by atomic mass is 16.7. The molecule has 1 aromatic carbocycles. The summed E-state index contributed by atoms with van der Waals surface area (Å²) in [6.45, 7) is 9.94. The van der Waals surface area contributed by atoms with Crippen LogP contribution in [-0.2, 0) is 14.1 Å². The Morgan fingerprint density at radius 1 is 1.15 bits per heavy atom. The molecule has 0 spiro atoms. The van der Waals surface area contributed by atoms with E-state index in [1.54, 1.807) is 6.20 Å². The molecular formula is C20H25BN2O3. The van der Waals surface area contributed by atoms with Crippen molar-refractivity contribution in [1.82, 2.24) is 10.3 Å². The first-order valence-electron chi connectivity index (χ1n) is 8.84. The number of pyridine rings is 1. The molecule has 1 fully saturated rings. The Labute approximate surface area is 154 Å². The number of amides is 1. The smallest absolute Gasteiger partial charge is 0.400 e. The molecule has 1 saturated heterocycles. The zero-order chi connectivity index (χ0) is 18.9. The average Bonchev–Trinajstić information content (AvgIpc) is 2.79. The van der Waals surface area contributed by atoms with Gasteiger partial charge >= 0.3 is 7.12 Å². The van der Waals surface area contributed by atoms with Crippen molar-refractivity contribution in [3.05, 3.63) is 47.6 Å². The standard InChI is InChI=1S/C20H25BN2O3/c1-14(24)23-13-16(21-25-19(2,3)20(4,5)26-21)12-15-10-11-22-18-9-7-6-8-17(15)18/h6-12H,13H2,1-5H3,(H,23,24). The monoisotopic (exact) mass is 352 g/mol. The lowest BCUT2D eigenvalue weighted by Gasteiger charge is -2.32. The van der Waals surface area contributed by atoms with E-state index in [9.17, 15) is 4.79 Å². The van der Waals surface area contributed by atoms with E-state index >= 15 is 0 Å². The van der Waals surface area contributed by atoms with E-state index in [-0.39, 0.29) is 5.91 Å². The second-order valence-corrected chi connectivity index (χ2v) is 7.63. The van der Waals surface area contributed by atoms with Crippen molar-refractivity contribution >= 4 is 30.0 Å². The van der Waals surface area contributed by atoms with Crippen molar-refractivity contribution in [3.63, 3.8) is 0 Å². The predicted molar refractivity (Wildman–Crippen MR) is 104 cm³/mol. The number of carbonyl (C=O) groups is 1. The normalized spacial score (nSPS) is 19.0. The van der Waals surface area contributed by atoms with Gasteiger partial charge in [0, 0.05) is 25.1 Å². The molecule has 0 radical (unpaired) electrons. The lowest BCUT2D eigenvalue weighted by Crippen LogP contribution is -2.41. The van der Waals surface area contributed by atoms with Gasteiger partial charge in [0.15, 0.2) is 0 Å². The molecule has 2 heterocycles. The lowest BCUT2D eigenvalue weighted by molar-refractivity contribution is -0.118. The molecule has 0 aliphatic carbocycles. The molecular weight excluding hydrogens is 327 g/mol. The fourth-order valence-corrected chi connectivity index (χ4v) is 2.87. The lowest BCUT2D eigenvalue weighted by atomic mass is 9.76. The molecule has 5 nitrogen and oxygen atoms in total. The van der Waals surface area contributed by atoms with Crippen LogP contribution in [0.15, 0.2) is 42.0 Å². The summed E-state index contributed by atoms with van der Waals surface area (Å²) in [5.74, 6) is -0.0907. The zero-order valence-electron chi connectivity index (χ0n) is 16.0. The number of benzene rings is 1. The summed E-state index contributed by atoms with van der Waals surface area (Å²) in [5.41, 5.74) is 1.94. The van der Waals surface area contributed by atoms with Crippen LogP contribution < -0.4 is 5.32 Å². The van der Waals surface area contributed by atoms with Gasteiger partial charge in [-0.3, -0.25) is 9.78 Å². The summed E-state index contributed by atoms with van der Waals surface area (Å²) in [4.78, 5) is 15.9. The first-order valence-corrected chi connectivity index (χ1v) is 8.84. The Balaban J connectivity index is 2.01. The third-order valence-electron chi connectivity index (χ3n) is 5.12. The summed E-state index contributed by atoms with van der Waals surface area (Å²) >= 11 is 0. The second kappa shape index (κ2) is 6.85. The number of hydrogen-bond acceptors (Lipinski definition) is 4. The quantitative estimate of drug-likeness (QED) is 0.857. The van der Waals surface area contributed by atoms with Gasteiger partial charge < -0.3 is 14.6 Å². The molecule has 0 bridgehead atoms. The summed E-state index contributed by atoms with van der Waals surface area (Å²) in [6, 6.07) is 9.93. The molecule has 1 aromatic heterocycles. The van der Waals surface area contributed by atoms with Crippen molar-refractivity contribution < 1.29 is 14.1 Å². The third kappa shape index (κ3) is 3.66. The number of rotatable bonds is 4. The maximum Gasteiger partial charge on any atom is 0.492 e. The molecule has 2 aromatic rings. The van der Waals surface area contributed by atoms with Crippen LogP contribution in [0.5, 0.6) is 0 Å². The van der Waals surface area contributed by atoms with Crippen LogP contribution in [0.1, 0.15) is 40.2 Å². The highest BCUT2D eigenvalue weighted by Crippen LogP contribution is 2.39.